The largest absolute Gasteiger partial charge is 0.761 e. The molecule has 0 rings (SSSR count). The minimum atomic E-state index is -4.89. The van der Waals surface area contributed by atoms with E-state index in [9.17, 15) is 8.22 Å². The zero-order chi connectivity index (χ0) is 8.74. The molecule has 0 heterocycles. The summed E-state index contributed by atoms with van der Waals surface area (Å²) in [6, 6.07) is 0. The summed E-state index contributed by atoms with van der Waals surface area (Å²) in [4.78, 5) is 0. The Labute approximate surface area is 65.7 Å². The third-order valence-corrected chi connectivity index (χ3v) is 1.74. The van der Waals surface area contributed by atoms with Gasteiger partial charge in [0.05, 0.1) is 13.2 Å². The fourth-order valence-corrected chi connectivity index (χ4v) is 1.06. The molecule has 0 saturated carbocycles. The van der Waals surface area contributed by atoms with Gasteiger partial charge in [0.25, 0.3) is 0 Å². The molecule has 0 aliphatic carbocycles. The maximum Gasteiger partial charge on any atom is 0.761 e. The van der Waals surface area contributed by atoms with Crippen LogP contribution >= 0.6 is 0 Å². The van der Waals surface area contributed by atoms with Crippen LogP contribution in [0.3, 0.4) is 0 Å². The predicted octanol–water partition coefficient (Wildman–Crippen LogP) is 1.77. The fraction of sp³-hybridized carbons (Fsp3) is 0.333. The van der Waals surface area contributed by atoms with Crippen LogP contribution in [-0.2, 0) is 8.85 Å². The average molecular weight is 180 g/mol. The Balaban J connectivity index is 3.59. The minimum absolute atomic E-state index is 0.184. The second kappa shape index (κ2) is 5.17. The van der Waals surface area contributed by atoms with E-state index in [1.54, 1.807) is 0 Å². The first kappa shape index (κ1) is 10.5. The highest BCUT2D eigenvalue weighted by atomic mass is 28.5. The average Bonchev–Trinajstić information content (AvgIpc) is 1.97. The standard InChI is InChI=1S/C6H10F2O2Si/c1-3-5-9-11(7,8)10-6-4-2/h3-4H,1-2,5-6H2. The van der Waals surface area contributed by atoms with Crippen LogP contribution in [0.5, 0.6) is 0 Å². The Kier molecular flexibility index (Phi) is 4.92. The first-order chi connectivity index (χ1) is 5.12. The Morgan fingerprint density at radius 1 is 1.09 bits per heavy atom. The molecule has 0 aromatic heterocycles. The highest BCUT2D eigenvalue weighted by Gasteiger charge is 2.42. The first-order valence-corrected chi connectivity index (χ1v) is 4.57. The van der Waals surface area contributed by atoms with E-state index in [0.29, 0.717) is 0 Å². The van der Waals surface area contributed by atoms with Gasteiger partial charge in [-0.2, -0.15) is 0 Å². The lowest BCUT2D eigenvalue weighted by molar-refractivity contribution is 0.110. The Morgan fingerprint density at radius 3 is 1.73 bits per heavy atom. The van der Waals surface area contributed by atoms with Crippen molar-refractivity contribution in [3.8, 4) is 0 Å². The van der Waals surface area contributed by atoms with Gasteiger partial charge in [0.1, 0.15) is 0 Å². The summed E-state index contributed by atoms with van der Waals surface area (Å²) in [5.41, 5.74) is 0. The zero-order valence-corrected chi connectivity index (χ0v) is 7.06. The zero-order valence-electron chi connectivity index (χ0n) is 6.06. The van der Waals surface area contributed by atoms with Gasteiger partial charge in [0.15, 0.2) is 0 Å². The van der Waals surface area contributed by atoms with Crippen molar-refractivity contribution in [2.75, 3.05) is 13.2 Å². The Bertz CT molecular complexity index is 125. The van der Waals surface area contributed by atoms with Crippen LogP contribution in [0.2, 0.25) is 0 Å². The van der Waals surface area contributed by atoms with Gasteiger partial charge in [0, 0.05) is 0 Å². The smallest absolute Gasteiger partial charge is 0.341 e. The van der Waals surface area contributed by atoms with E-state index in [0.717, 1.165) is 0 Å². The van der Waals surface area contributed by atoms with Crippen molar-refractivity contribution in [3.05, 3.63) is 25.3 Å². The van der Waals surface area contributed by atoms with Gasteiger partial charge in [0.2, 0.25) is 0 Å². The van der Waals surface area contributed by atoms with Crippen LogP contribution in [0.1, 0.15) is 0 Å². The molecule has 2 nitrogen and oxygen atoms in total. The summed E-state index contributed by atoms with van der Waals surface area (Å²) in [5, 5.41) is 0. The molecule has 64 valence electrons. The summed E-state index contributed by atoms with van der Waals surface area (Å²) in [7, 11) is -4.89. The lowest BCUT2D eigenvalue weighted by Crippen LogP contribution is -2.32. The molecule has 0 amide bonds. The van der Waals surface area contributed by atoms with Crippen LogP contribution in [0, 0.1) is 0 Å². The predicted molar refractivity (Wildman–Crippen MR) is 40.3 cm³/mol. The normalized spacial score (nSPS) is 11.1. The molecule has 0 atom stereocenters. The molecule has 0 aromatic carbocycles. The lowest BCUT2D eigenvalue weighted by atomic mass is 10.7. The van der Waals surface area contributed by atoms with Gasteiger partial charge in [-0.05, 0) is 0 Å². The highest BCUT2D eigenvalue weighted by molar-refractivity contribution is 6.51. The maximum absolute atomic E-state index is 12.4. The van der Waals surface area contributed by atoms with Crippen LogP contribution in [-0.4, -0.2) is 22.4 Å². The molecule has 0 radical (unpaired) electrons. The molecule has 0 aromatic rings. The molecule has 0 spiro atoms. The summed E-state index contributed by atoms with van der Waals surface area (Å²) >= 11 is 0. The molecule has 5 heteroatoms. The fourth-order valence-electron chi connectivity index (χ4n) is 0.354. The van der Waals surface area contributed by atoms with Crippen molar-refractivity contribution in [1.82, 2.24) is 0 Å². The first-order valence-electron chi connectivity index (χ1n) is 3.00. The molecular weight excluding hydrogens is 170 g/mol. The highest BCUT2D eigenvalue weighted by Crippen LogP contribution is 2.10. The van der Waals surface area contributed by atoms with Crippen molar-refractivity contribution in [2.45, 2.75) is 0 Å². The van der Waals surface area contributed by atoms with Gasteiger partial charge in [-0.15, -0.1) is 13.2 Å². The molecular formula is C6H10F2O2Si. The molecule has 0 bridgehead atoms. The van der Waals surface area contributed by atoms with E-state index in [4.69, 9.17) is 0 Å². The van der Waals surface area contributed by atoms with E-state index in [2.05, 4.69) is 22.0 Å². The lowest BCUT2D eigenvalue weighted by Gasteiger charge is -2.09. The molecule has 0 saturated heterocycles. The number of halogens is 2. The van der Waals surface area contributed by atoms with Gasteiger partial charge in [-0.1, -0.05) is 12.2 Å². The second-order valence-corrected chi connectivity index (χ2v) is 3.17. The van der Waals surface area contributed by atoms with Crippen LogP contribution in [0.4, 0.5) is 8.22 Å². The van der Waals surface area contributed by atoms with Crippen molar-refractivity contribution in [2.24, 2.45) is 0 Å². The van der Waals surface area contributed by atoms with E-state index < -0.39 is 9.23 Å². The molecule has 11 heavy (non-hydrogen) atoms. The van der Waals surface area contributed by atoms with Gasteiger partial charge in [-0.25, -0.2) is 8.22 Å². The molecule has 0 aliphatic heterocycles. The second-order valence-electron chi connectivity index (χ2n) is 1.66. The van der Waals surface area contributed by atoms with E-state index in [-0.39, 0.29) is 13.2 Å². The quantitative estimate of drug-likeness (QED) is 0.352. The van der Waals surface area contributed by atoms with Crippen molar-refractivity contribution < 1.29 is 17.1 Å². The molecule has 0 unspecified atom stereocenters. The van der Waals surface area contributed by atoms with E-state index >= 15 is 0 Å². The number of hydrogen-bond donors (Lipinski definition) is 0. The Hall–Kier alpha value is -0.523. The molecule has 0 N–H and O–H groups in total. The van der Waals surface area contributed by atoms with Gasteiger partial charge >= 0.3 is 9.23 Å². The van der Waals surface area contributed by atoms with Crippen molar-refractivity contribution >= 4 is 9.23 Å². The van der Waals surface area contributed by atoms with Crippen LogP contribution in [0.25, 0.3) is 0 Å². The summed E-state index contributed by atoms with van der Waals surface area (Å²) in [5.74, 6) is 0. The van der Waals surface area contributed by atoms with E-state index in [1.165, 1.54) is 12.2 Å². The summed E-state index contributed by atoms with van der Waals surface area (Å²) in [6.45, 7) is 6.10. The third kappa shape index (κ3) is 5.90. The SMILES string of the molecule is C=CCO[Si](F)(F)OCC=C. The van der Waals surface area contributed by atoms with Crippen LogP contribution in [0.15, 0.2) is 25.3 Å². The van der Waals surface area contributed by atoms with E-state index in [1.807, 2.05) is 0 Å². The van der Waals surface area contributed by atoms with Gasteiger partial charge in [-0.3, -0.25) is 0 Å². The van der Waals surface area contributed by atoms with Crippen molar-refractivity contribution in [1.29, 1.82) is 0 Å². The monoisotopic (exact) mass is 180 g/mol. The third-order valence-electron chi connectivity index (χ3n) is 0.738. The molecule has 0 fully saturated rings. The number of hydrogen-bond acceptors (Lipinski definition) is 2. The minimum Gasteiger partial charge on any atom is -0.341 e. The van der Waals surface area contributed by atoms with Crippen molar-refractivity contribution in [3.63, 3.8) is 0 Å². The topological polar surface area (TPSA) is 18.5 Å². The maximum atomic E-state index is 12.4. The van der Waals surface area contributed by atoms with Gasteiger partial charge < -0.3 is 8.85 Å². The van der Waals surface area contributed by atoms with Crippen LogP contribution < -0.4 is 0 Å². The summed E-state index contributed by atoms with van der Waals surface area (Å²) < 4.78 is 33.0. The Morgan fingerprint density at radius 2 is 1.45 bits per heavy atom. The number of rotatable bonds is 6. The summed E-state index contributed by atoms with van der Waals surface area (Å²) in [6.07, 6.45) is 2.50. The molecule has 0 aliphatic rings.